The lowest BCUT2D eigenvalue weighted by atomic mass is 10.00. The van der Waals surface area contributed by atoms with Gasteiger partial charge in [0.1, 0.15) is 0 Å². The van der Waals surface area contributed by atoms with Crippen LogP contribution in [0.3, 0.4) is 0 Å². The summed E-state index contributed by atoms with van der Waals surface area (Å²) in [5.41, 5.74) is -0.443. The average Bonchev–Trinajstić information content (AvgIpc) is 2.41. The number of hydrogen-bond acceptors (Lipinski definition) is 4. The maximum atomic E-state index is 10.1. The van der Waals surface area contributed by atoms with Crippen molar-refractivity contribution < 1.29 is 19.7 Å². The highest BCUT2D eigenvalue weighted by molar-refractivity contribution is 4.86. The van der Waals surface area contributed by atoms with Crippen molar-refractivity contribution in [1.82, 2.24) is 0 Å². The van der Waals surface area contributed by atoms with E-state index in [4.69, 9.17) is 14.6 Å². The fraction of sp³-hybridized carbons (Fsp3) is 0.889. The molecule has 4 nitrogen and oxygen atoms in total. The van der Waals surface area contributed by atoms with Gasteiger partial charge in [0.05, 0.1) is 30.7 Å². The van der Waals surface area contributed by atoms with E-state index in [1.807, 2.05) is 13.8 Å². The largest absolute Gasteiger partial charge is 0.513 e. The molecule has 0 aliphatic carbocycles. The zero-order valence-corrected chi connectivity index (χ0v) is 15.1. The molecule has 0 rings (SSSR count). The van der Waals surface area contributed by atoms with Gasteiger partial charge in [0.25, 0.3) is 0 Å². The Morgan fingerprint density at radius 3 is 2.45 bits per heavy atom. The first-order chi connectivity index (χ1) is 10.3. The highest BCUT2D eigenvalue weighted by Crippen LogP contribution is 2.18. The summed E-state index contributed by atoms with van der Waals surface area (Å²) in [4.78, 5) is 0. The minimum absolute atomic E-state index is 0.248. The Balaban J connectivity index is 3.95. The lowest BCUT2D eigenvalue weighted by Crippen LogP contribution is -2.32. The van der Waals surface area contributed by atoms with Crippen molar-refractivity contribution in [2.24, 2.45) is 5.92 Å². The van der Waals surface area contributed by atoms with Gasteiger partial charge in [0.15, 0.2) is 0 Å². The molecule has 0 aliphatic heterocycles. The van der Waals surface area contributed by atoms with Crippen LogP contribution in [0.25, 0.3) is 0 Å². The molecule has 2 N–H and O–H groups in total. The molecule has 0 radical (unpaired) electrons. The van der Waals surface area contributed by atoms with Gasteiger partial charge in [0.2, 0.25) is 0 Å². The summed E-state index contributed by atoms with van der Waals surface area (Å²) >= 11 is 0. The maximum Gasteiger partial charge on any atom is 0.0874 e. The van der Waals surface area contributed by atoms with Gasteiger partial charge in [-0.15, -0.1) is 0 Å². The lowest BCUT2D eigenvalue weighted by molar-refractivity contribution is -0.0596. The van der Waals surface area contributed by atoms with Crippen LogP contribution in [0, 0.1) is 5.92 Å². The van der Waals surface area contributed by atoms with Crippen LogP contribution >= 0.6 is 0 Å². The third-order valence-electron chi connectivity index (χ3n) is 3.79. The molecule has 0 fully saturated rings. The zero-order valence-electron chi connectivity index (χ0n) is 15.1. The normalized spacial score (nSPS) is 15.8. The minimum atomic E-state index is -0.530. The molecule has 0 amide bonds. The molecule has 0 aromatic heterocycles. The summed E-state index contributed by atoms with van der Waals surface area (Å²) < 4.78 is 11.3. The number of unbranched alkanes of at least 4 members (excludes halogenated alkanes) is 1. The smallest absolute Gasteiger partial charge is 0.0874 e. The Kier molecular flexibility index (Phi) is 11.6. The van der Waals surface area contributed by atoms with Crippen LogP contribution in [-0.4, -0.2) is 41.7 Å². The summed E-state index contributed by atoms with van der Waals surface area (Å²) in [7, 11) is 0. The van der Waals surface area contributed by atoms with Crippen LogP contribution < -0.4 is 0 Å². The third kappa shape index (κ3) is 12.0. The Morgan fingerprint density at radius 1 is 1.23 bits per heavy atom. The van der Waals surface area contributed by atoms with Crippen LogP contribution in [0.1, 0.15) is 66.7 Å². The van der Waals surface area contributed by atoms with E-state index < -0.39 is 11.7 Å². The van der Waals surface area contributed by atoms with E-state index in [0.29, 0.717) is 25.6 Å². The molecule has 0 saturated heterocycles. The van der Waals surface area contributed by atoms with E-state index >= 15 is 0 Å². The van der Waals surface area contributed by atoms with Crippen LogP contribution in [-0.2, 0) is 9.47 Å². The molecule has 0 bridgehead atoms. The van der Waals surface area contributed by atoms with Crippen LogP contribution in [0.5, 0.6) is 0 Å². The summed E-state index contributed by atoms with van der Waals surface area (Å²) in [5, 5.41) is 19.2. The summed E-state index contributed by atoms with van der Waals surface area (Å²) in [6, 6.07) is 0. The fourth-order valence-corrected chi connectivity index (χ4v) is 2.34. The maximum absolute atomic E-state index is 10.1. The molecule has 0 aromatic rings. The number of allylic oxidation sites excluding steroid dienone is 1. The quantitative estimate of drug-likeness (QED) is 0.499. The van der Waals surface area contributed by atoms with Crippen molar-refractivity contribution in [2.45, 2.75) is 78.4 Å². The molecule has 2 unspecified atom stereocenters. The Labute approximate surface area is 136 Å². The molecule has 22 heavy (non-hydrogen) atoms. The van der Waals surface area contributed by atoms with E-state index in [1.54, 1.807) is 13.0 Å². The van der Waals surface area contributed by atoms with Crippen molar-refractivity contribution in [3.8, 4) is 0 Å². The van der Waals surface area contributed by atoms with Crippen LogP contribution in [0.4, 0.5) is 0 Å². The van der Waals surface area contributed by atoms with Gasteiger partial charge < -0.3 is 19.7 Å². The molecule has 0 heterocycles. The van der Waals surface area contributed by atoms with Crippen molar-refractivity contribution >= 4 is 0 Å². The van der Waals surface area contributed by atoms with E-state index in [9.17, 15) is 5.11 Å². The number of aliphatic hydroxyl groups is 2. The summed E-state index contributed by atoms with van der Waals surface area (Å²) in [6.07, 6.45) is 6.37. The second-order valence-electron chi connectivity index (χ2n) is 6.73. The minimum Gasteiger partial charge on any atom is -0.513 e. The Hall–Kier alpha value is -0.580. The fourth-order valence-electron chi connectivity index (χ4n) is 2.34. The molecular formula is C18H36O4. The Morgan fingerprint density at radius 2 is 1.91 bits per heavy atom. The van der Waals surface area contributed by atoms with Gasteiger partial charge in [-0.05, 0) is 39.2 Å². The van der Waals surface area contributed by atoms with E-state index in [-0.39, 0.29) is 5.76 Å². The lowest BCUT2D eigenvalue weighted by Gasteiger charge is -2.27. The van der Waals surface area contributed by atoms with Crippen LogP contribution in [0.15, 0.2) is 11.8 Å². The molecular weight excluding hydrogens is 280 g/mol. The highest BCUT2D eigenvalue weighted by Gasteiger charge is 2.23. The standard InChI is InChI=1S/C18H36O4/c1-6-8-9-16(7-2)13-21-14-17(20)12-18(4,5)22-11-10-15(3)19/h10,16-17,19-20H,6-9,11-14H2,1-5H3/b15-10-. The topological polar surface area (TPSA) is 58.9 Å². The molecule has 0 aromatic carbocycles. The van der Waals surface area contributed by atoms with Gasteiger partial charge in [-0.25, -0.2) is 0 Å². The summed E-state index contributed by atoms with van der Waals surface area (Å²) in [5.74, 6) is 0.839. The number of rotatable bonds is 13. The molecule has 4 heteroatoms. The first-order valence-electron chi connectivity index (χ1n) is 8.56. The third-order valence-corrected chi connectivity index (χ3v) is 3.79. The number of hydrogen-bond donors (Lipinski definition) is 2. The van der Waals surface area contributed by atoms with Crippen LogP contribution in [0.2, 0.25) is 0 Å². The summed E-state index contributed by atoms with van der Waals surface area (Å²) in [6.45, 7) is 11.3. The van der Waals surface area contributed by atoms with Gasteiger partial charge in [-0.1, -0.05) is 33.1 Å². The first kappa shape index (κ1) is 21.4. The van der Waals surface area contributed by atoms with Crippen molar-refractivity contribution in [3.63, 3.8) is 0 Å². The second kappa shape index (κ2) is 11.9. The molecule has 2 atom stereocenters. The first-order valence-corrected chi connectivity index (χ1v) is 8.56. The average molecular weight is 316 g/mol. The number of aliphatic hydroxyl groups excluding tert-OH is 2. The molecule has 0 aliphatic rings. The van der Waals surface area contributed by atoms with Crippen molar-refractivity contribution in [3.05, 3.63) is 11.8 Å². The van der Waals surface area contributed by atoms with E-state index in [1.165, 1.54) is 19.3 Å². The molecule has 0 saturated carbocycles. The monoisotopic (exact) mass is 316 g/mol. The van der Waals surface area contributed by atoms with Gasteiger partial charge in [-0.2, -0.15) is 0 Å². The predicted molar refractivity (Wildman–Crippen MR) is 91.2 cm³/mol. The SMILES string of the molecule is CCCCC(CC)COCC(O)CC(C)(C)OC/C=C(/C)O. The molecule has 0 spiro atoms. The van der Waals surface area contributed by atoms with E-state index in [0.717, 1.165) is 13.0 Å². The highest BCUT2D eigenvalue weighted by atomic mass is 16.5. The van der Waals surface area contributed by atoms with Crippen molar-refractivity contribution in [2.75, 3.05) is 19.8 Å². The van der Waals surface area contributed by atoms with E-state index in [2.05, 4.69) is 13.8 Å². The van der Waals surface area contributed by atoms with Gasteiger partial charge in [-0.3, -0.25) is 0 Å². The number of ether oxygens (including phenoxy) is 2. The second-order valence-corrected chi connectivity index (χ2v) is 6.73. The Bertz CT molecular complexity index is 295. The van der Waals surface area contributed by atoms with Gasteiger partial charge in [0, 0.05) is 13.0 Å². The molecule has 132 valence electrons. The van der Waals surface area contributed by atoms with Crippen molar-refractivity contribution in [1.29, 1.82) is 0 Å². The van der Waals surface area contributed by atoms with Gasteiger partial charge >= 0.3 is 0 Å². The predicted octanol–water partition coefficient (Wildman–Crippen LogP) is 4.23. The zero-order chi connectivity index (χ0) is 17.0.